The molecule has 21 heavy (non-hydrogen) atoms. The third kappa shape index (κ3) is 3.09. The zero-order chi connectivity index (χ0) is 15.6. The van der Waals surface area contributed by atoms with Crippen molar-refractivity contribution < 1.29 is 18.0 Å². The van der Waals surface area contributed by atoms with Crippen LogP contribution in [0.4, 0.5) is 17.1 Å². The van der Waals surface area contributed by atoms with Crippen LogP contribution < -0.4 is 10.7 Å². The summed E-state index contributed by atoms with van der Waals surface area (Å²) in [5.41, 5.74) is 5.76. The van der Waals surface area contributed by atoms with E-state index in [1.54, 1.807) is 0 Å². The van der Waals surface area contributed by atoms with E-state index in [4.69, 9.17) is 5.73 Å². The van der Waals surface area contributed by atoms with Gasteiger partial charge >= 0.3 is 0 Å². The van der Waals surface area contributed by atoms with Crippen LogP contribution in [0.1, 0.15) is 0 Å². The van der Waals surface area contributed by atoms with Crippen molar-refractivity contribution in [1.82, 2.24) is 0 Å². The fourth-order valence-electron chi connectivity index (χ4n) is 1.79. The van der Waals surface area contributed by atoms with Crippen molar-refractivity contribution in [3.05, 3.63) is 58.6 Å². The molecule has 0 aromatic heterocycles. The number of benzene rings is 2. The van der Waals surface area contributed by atoms with Crippen molar-refractivity contribution in [3.8, 4) is 0 Å². The van der Waals surface area contributed by atoms with Gasteiger partial charge in [0.1, 0.15) is 16.3 Å². The summed E-state index contributed by atoms with van der Waals surface area (Å²) in [6.45, 7) is 0. The van der Waals surface area contributed by atoms with Crippen LogP contribution in [0.2, 0.25) is 0 Å². The predicted octanol–water partition coefficient (Wildman–Crippen LogP) is 1.85. The van der Waals surface area contributed by atoms with E-state index in [1.165, 1.54) is 42.5 Å². The molecule has 8 nitrogen and oxygen atoms in total. The number of rotatable bonds is 4. The first-order valence-corrected chi connectivity index (χ1v) is 7.11. The molecule has 0 heterocycles. The zero-order valence-corrected chi connectivity index (χ0v) is 11.4. The summed E-state index contributed by atoms with van der Waals surface area (Å²) in [5.74, 6) is 0. The lowest BCUT2D eigenvalue weighted by atomic mass is 10.2. The minimum absolute atomic E-state index is 0.102. The zero-order valence-electron chi connectivity index (χ0n) is 10.6. The van der Waals surface area contributed by atoms with E-state index in [0.29, 0.717) is 10.7 Å². The summed E-state index contributed by atoms with van der Waals surface area (Å²) in [7, 11) is -4.60. The van der Waals surface area contributed by atoms with Gasteiger partial charge in [0, 0.05) is 5.69 Å². The van der Waals surface area contributed by atoms with E-state index < -0.39 is 20.0 Å². The van der Waals surface area contributed by atoms with Gasteiger partial charge in [-0.15, -0.1) is 0 Å². The van der Waals surface area contributed by atoms with Crippen molar-refractivity contribution in [3.63, 3.8) is 0 Å². The first kappa shape index (κ1) is 14.8. The van der Waals surface area contributed by atoms with Gasteiger partial charge in [-0.25, -0.2) is 10.1 Å². The van der Waals surface area contributed by atoms with Gasteiger partial charge in [-0.05, 0) is 36.4 Å². The molecular weight excluding hydrogens is 298 g/mol. The van der Waals surface area contributed by atoms with Crippen LogP contribution in [0, 0.1) is 10.1 Å². The van der Waals surface area contributed by atoms with Gasteiger partial charge in [-0.2, -0.15) is 8.42 Å². The van der Waals surface area contributed by atoms with Gasteiger partial charge in [-0.3, -0.25) is 4.55 Å². The standard InChI is InChI=1S/C12H11N3O5S/c13-9-5-7-10(8-6-9)14(15(16)17)11-3-1-2-4-12(11)21(18,19)20/h1-8H,13H2,(H,18,19,20). The number of hydrazine groups is 1. The van der Waals surface area contributed by atoms with E-state index in [1.807, 2.05) is 0 Å². The Morgan fingerprint density at radius 1 is 1.10 bits per heavy atom. The van der Waals surface area contributed by atoms with Gasteiger partial charge in [0.15, 0.2) is 5.03 Å². The molecule has 0 fully saturated rings. The average molecular weight is 309 g/mol. The van der Waals surface area contributed by atoms with E-state index >= 15 is 0 Å². The molecule has 0 saturated carbocycles. The Morgan fingerprint density at radius 2 is 1.67 bits per heavy atom. The third-order valence-electron chi connectivity index (χ3n) is 2.67. The van der Waals surface area contributed by atoms with Crippen LogP contribution in [0.5, 0.6) is 0 Å². The lowest BCUT2D eigenvalue weighted by molar-refractivity contribution is -0.483. The number of nitrogens with zero attached hydrogens (tertiary/aromatic N) is 2. The Bertz CT molecular complexity index is 774. The molecule has 0 saturated heterocycles. The van der Waals surface area contributed by atoms with E-state index in [0.717, 1.165) is 6.07 Å². The van der Waals surface area contributed by atoms with Gasteiger partial charge in [0.2, 0.25) is 0 Å². The highest BCUT2D eigenvalue weighted by Gasteiger charge is 2.27. The molecule has 0 radical (unpaired) electrons. The van der Waals surface area contributed by atoms with Gasteiger partial charge in [-0.1, -0.05) is 17.1 Å². The molecule has 0 bridgehead atoms. The van der Waals surface area contributed by atoms with Crippen LogP contribution in [0.3, 0.4) is 0 Å². The molecule has 0 unspecified atom stereocenters. The largest absolute Gasteiger partial charge is 0.399 e. The molecule has 0 amide bonds. The first-order valence-electron chi connectivity index (χ1n) is 5.67. The van der Waals surface area contributed by atoms with Crippen LogP contribution in [0.15, 0.2) is 53.4 Å². The average Bonchev–Trinajstić information content (AvgIpc) is 2.40. The minimum atomic E-state index is -4.60. The molecule has 0 atom stereocenters. The molecular formula is C12H11N3O5S. The number of hydrogen-bond donors (Lipinski definition) is 2. The lowest BCUT2D eigenvalue weighted by Gasteiger charge is -2.16. The molecule has 2 rings (SSSR count). The molecule has 2 aromatic rings. The van der Waals surface area contributed by atoms with E-state index in [-0.39, 0.29) is 11.4 Å². The Morgan fingerprint density at radius 3 is 2.19 bits per heavy atom. The predicted molar refractivity (Wildman–Crippen MR) is 76.2 cm³/mol. The minimum Gasteiger partial charge on any atom is -0.399 e. The second-order valence-electron chi connectivity index (χ2n) is 4.08. The van der Waals surface area contributed by atoms with Gasteiger partial charge in [0.05, 0.1) is 0 Å². The maximum atomic E-state index is 11.4. The topological polar surface area (TPSA) is 127 Å². The molecule has 0 spiro atoms. The smallest absolute Gasteiger partial charge is 0.296 e. The Kier molecular flexibility index (Phi) is 3.78. The number of para-hydroxylation sites is 1. The molecule has 0 aliphatic rings. The van der Waals surface area contributed by atoms with Crippen LogP contribution in [-0.2, 0) is 10.1 Å². The summed E-state index contributed by atoms with van der Waals surface area (Å²) in [4.78, 5) is 10.7. The Hall–Kier alpha value is -2.65. The second-order valence-corrected chi connectivity index (χ2v) is 5.47. The normalized spacial score (nSPS) is 11.1. The van der Waals surface area contributed by atoms with Crippen molar-refractivity contribution in [2.75, 3.05) is 10.7 Å². The maximum absolute atomic E-state index is 11.4. The van der Waals surface area contributed by atoms with Crippen molar-refractivity contribution in [2.24, 2.45) is 0 Å². The number of nitrogen functional groups attached to an aromatic ring is 1. The molecule has 2 aromatic carbocycles. The van der Waals surface area contributed by atoms with Crippen LogP contribution in [-0.4, -0.2) is 18.0 Å². The van der Waals surface area contributed by atoms with Gasteiger partial charge < -0.3 is 5.73 Å². The highest BCUT2D eigenvalue weighted by atomic mass is 32.2. The molecule has 0 aliphatic heterocycles. The van der Waals surface area contributed by atoms with E-state index in [2.05, 4.69) is 0 Å². The SMILES string of the molecule is Nc1ccc(N(c2ccccc2S(=O)(=O)O)[N+](=O)[O-])cc1. The monoisotopic (exact) mass is 309 g/mol. The van der Waals surface area contributed by atoms with Gasteiger partial charge in [0.25, 0.3) is 10.1 Å². The van der Waals surface area contributed by atoms with Crippen molar-refractivity contribution in [2.45, 2.75) is 4.90 Å². The summed E-state index contributed by atoms with van der Waals surface area (Å²) >= 11 is 0. The summed E-state index contributed by atoms with van der Waals surface area (Å²) in [5, 5.41) is 11.1. The number of nitrogens with two attached hydrogens (primary N) is 1. The fourth-order valence-corrected chi connectivity index (χ4v) is 2.46. The summed E-state index contributed by atoms with van der Waals surface area (Å²) in [6, 6.07) is 10.7. The summed E-state index contributed by atoms with van der Waals surface area (Å²) in [6.07, 6.45) is 0. The van der Waals surface area contributed by atoms with Crippen molar-refractivity contribution >= 4 is 27.2 Å². The Balaban J connectivity index is 2.65. The highest BCUT2D eigenvalue weighted by molar-refractivity contribution is 7.86. The molecule has 3 N–H and O–H groups in total. The van der Waals surface area contributed by atoms with Crippen molar-refractivity contribution in [1.29, 1.82) is 0 Å². The molecule has 9 heteroatoms. The first-order chi connectivity index (χ1) is 9.80. The Labute approximate surface area is 120 Å². The van der Waals surface area contributed by atoms with Crippen LogP contribution in [0.25, 0.3) is 0 Å². The fraction of sp³-hybridized carbons (Fsp3) is 0. The molecule has 0 aliphatic carbocycles. The molecule has 110 valence electrons. The number of hydrogen-bond acceptors (Lipinski definition) is 5. The number of anilines is 3. The summed E-state index contributed by atoms with van der Waals surface area (Å²) < 4.78 is 31.9. The highest BCUT2D eigenvalue weighted by Crippen LogP contribution is 2.31. The van der Waals surface area contributed by atoms with E-state index in [9.17, 15) is 23.1 Å². The maximum Gasteiger partial charge on any atom is 0.296 e. The van der Waals surface area contributed by atoms with Crippen LogP contribution >= 0.6 is 0 Å². The second kappa shape index (κ2) is 5.38. The number of nitro groups is 1. The lowest BCUT2D eigenvalue weighted by Crippen LogP contribution is -2.26. The third-order valence-corrected chi connectivity index (χ3v) is 3.57. The quantitative estimate of drug-likeness (QED) is 0.382.